The highest BCUT2D eigenvalue weighted by Crippen LogP contribution is 2.22. The third-order valence-corrected chi connectivity index (χ3v) is 3.42. The quantitative estimate of drug-likeness (QED) is 0.838. The minimum Gasteiger partial charge on any atom is -0.326 e. The molecule has 7 heteroatoms. The summed E-state index contributed by atoms with van der Waals surface area (Å²) >= 11 is 0. The van der Waals surface area contributed by atoms with Gasteiger partial charge in [0.2, 0.25) is 10.0 Å². The Balaban J connectivity index is 3.30. The van der Waals surface area contributed by atoms with Gasteiger partial charge in [0.15, 0.2) is 0 Å². The van der Waals surface area contributed by atoms with Crippen LogP contribution in [0.3, 0.4) is 0 Å². The van der Waals surface area contributed by atoms with Crippen LogP contribution >= 0.6 is 0 Å². The molecule has 0 bridgehead atoms. The van der Waals surface area contributed by atoms with E-state index in [9.17, 15) is 12.8 Å². The van der Waals surface area contributed by atoms with Gasteiger partial charge in [-0.05, 0) is 24.6 Å². The number of anilines is 1. The molecule has 0 aliphatic rings. The van der Waals surface area contributed by atoms with E-state index in [0.717, 1.165) is 6.07 Å². The number of nitrogens with two attached hydrogens (primary N) is 1. The number of benzene rings is 1. The zero-order valence-corrected chi connectivity index (χ0v) is 10.0. The molecule has 0 amide bonds. The van der Waals surface area contributed by atoms with E-state index in [2.05, 4.69) is 0 Å². The number of nitriles is 1. The molecule has 0 spiro atoms. The molecule has 0 saturated carbocycles. The van der Waals surface area contributed by atoms with Gasteiger partial charge in [0.25, 0.3) is 0 Å². The molecule has 3 N–H and O–H groups in total. The summed E-state index contributed by atoms with van der Waals surface area (Å²) in [5, 5.41) is 8.84. The Morgan fingerprint density at radius 1 is 1.53 bits per heavy atom. The SMILES string of the molecule is CCS(=O)(=O)Nc1c(F)cc(CN)cc1C#N. The van der Waals surface area contributed by atoms with Crippen molar-refractivity contribution >= 4 is 15.7 Å². The molecule has 1 aromatic rings. The van der Waals surface area contributed by atoms with Crippen molar-refractivity contribution in [1.29, 1.82) is 5.26 Å². The van der Waals surface area contributed by atoms with Crippen LogP contribution in [0.4, 0.5) is 10.1 Å². The van der Waals surface area contributed by atoms with Crippen LogP contribution < -0.4 is 10.5 Å². The fraction of sp³-hybridized carbons (Fsp3) is 0.300. The summed E-state index contributed by atoms with van der Waals surface area (Å²) in [7, 11) is -3.62. The predicted octanol–water partition coefficient (Wildman–Crippen LogP) is 0.918. The molecule has 0 aliphatic heterocycles. The van der Waals surface area contributed by atoms with E-state index in [1.807, 2.05) is 4.72 Å². The van der Waals surface area contributed by atoms with Crippen LogP contribution in [0.25, 0.3) is 0 Å². The fourth-order valence-corrected chi connectivity index (χ4v) is 1.86. The molecule has 0 heterocycles. The molecular weight excluding hydrogens is 245 g/mol. The third kappa shape index (κ3) is 3.15. The van der Waals surface area contributed by atoms with Crippen molar-refractivity contribution in [3.8, 4) is 6.07 Å². The van der Waals surface area contributed by atoms with E-state index in [1.54, 1.807) is 6.07 Å². The highest BCUT2D eigenvalue weighted by molar-refractivity contribution is 7.92. The molecule has 92 valence electrons. The lowest BCUT2D eigenvalue weighted by Gasteiger charge is -2.10. The van der Waals surface area contributed by atoms with E-state index >= 15 is 0 Å². The molecule has 5 nitrogen and oxygen atoms in total. The molecule has 0 unspecified atom stereocenters. The first-order valence-corrected chi connectivity index (χ1v) is 6.51. The van der Waals surface area contributed by atoms with Gasteiger partial charge in [-0.25, -0.2) is 12.8 Å². The number of nitrogens with zero attached hydrogens (tertiary/aromatic N) is 1. The normalized spacial score (nSPS) is 10.9. The summed E-state index contributed by atoms with van der Waals surface area (Å²) in [6.45, 7) is 1.49. The first-order valence-electron chi connectivity index (χ1n) is 4.86. The van der Waals surface area contributed by atoms with Gasteiger partial charge in [-0.1, -0.05) is 0 Å². The molecular formula is C10H12FN3O2S. The minimum absolute atomic E-state index is 0.0758. The summed E-state index contributed by atoms with van der Waals surface area (Å²) in [5.74, 6) is -1.00. The zero-order valence-electron chi connectivity index (χ0n) is 9.20. The first kappa shape index (κ1) is 13.4. The Morgan fingerprint density at radius 3 is 2.65 bits per heavy atom. The lowest BCUT2D eigenvalue weighted by molar-refractivity contribution is 0.599. The lowest BCUT2D eigenvalue weighted by atomic mass is 10.1. The molecule has 0 saturated heterocycles. The Kier molecular flexibility index (Phi) is 4.04. The number of rotatable bonds is 4. The maximum atomic E-state index is 13.6. The molecule has 0 aliphatic carbocycles. The van der Waals surface area contributed by atoms with Crippen molar-refractivity contribution in [2.24, 2.45) is 5.73 Å². The van der Waals surface area contributed by atoms with E-state index in [-0.39, 0.29) is 23.5 Å². The van der Waals surface area contributed by atoms with Gasteiger partial charge in [-0.15, -0.1) is 0 Å². The van der Waals surface area contributed by atoms with Crippen molar-refractivity contribution < 1.29 is 12.8 Å². The van der Waals surface area contributed by atoms with Gasteiger partial charge < -0.3 is 5.73 Å². The van der Waals surface area contributed by atoms with Crippen molar-refractivity contribution in [1.82, 2.24) is 0 Å². The maximum absolute atomic E-state index is 13.6. The average molecular weight is 257 g/mol. The number of halogens is 1. The van der Waals surface area contributed by atoms with Crippen molar-refractivity contribution in [2.75, 3.05) is 10.5 Å². The summed E-state index contributed by atoms with van der Waals surface area (Å²) in [4.78, 5) is 0. The van der Waals surface area contributed by atoms with Crippen LogP contribution in [-0.4, -0.2) is 14.2 Å². The van der Waals surface area contributed by atoms with E-state index in [1.165, 1.54) is 13.0 Å². The minimum atomic E-state index is -3.62. The summed E-state index contributed by atoms with van der Waals surface area (Å²) < 4.78 is 38.3. The van der Waals surface area contributed by atoms with E-state index in [0.29, 0.717) is 5.56 Å². The first-order chi connectivity index (χ1) is 7.93. The summed E-state index contributed by atoms with van der Waals surface area (Å²) in [5.41, 5.74) is 5.35. The topological polar surface area (TPSA) is 96.0 Å². The molecule has 0 radical (unpaired) electrons. The smallest absolute Gasteiger partial charge is 0.232 e. The molecule has 0 fully saturated rings. The summed E-state index contributed by atoms with van der Waals surface area (Å²) in [6, 6.07) is 4.20. The zero-order chi connectivity index (χ0) is 13.1. The number of nitrogens with one attached hydrogen (secondary N) is 1. The van der Waals surface area contributed by atoms with E-state index < -0.39 is 15.8 Å². The monoisotopic (exact) mass is 257 g/mol. The van der Waals surface area contributed by atoms with Gasteiger partial charge >= 0.3 is 0 Å². The molecule has 0 aromatic heterocycles. The van der Waals surface area contributed by atoms with Crippen LogP contribution in [0.15, 0.2) is 12.1 Å². The van der Waals surface area contributed by atoms with Crippen LogP contribution in [-0.2, 0) is 16.6 Å². The largest absolute Gasteiger partial charge is 0.326 e. The van der Waals surface area contributed by atoms with Gasteiger partial charge in [0.1, 0.15) is 17.6 Å². The van der Waals surface area contributed by atoms with Crippen molar-refractivity contribution in [3.05, 3.63) is 29.1 Å². The molecule has 1 rings (SSSR count). The standard InChI is InChI=1S/C10H12FN3O2S/c1-2-17(15,16)14-10-8(6-13)3-7(5-12)4-9(10)11/h3-4,14H,2,5,12H2,1H3. The second kappa shape index (κ2) is 5.12. The highest BCUT2D eigenvalue weighted by atomic mass is 32.2. The lowest BCUT2D eigenvalue weighted by Crippen LogP contribution is -2.17. The van der Waals surface area contributed by atoms with Gasteiger partial charge in [0.05, 0.1) is 11.3 Å². The second-order valence-corrected chi connectivity index (χ2v) is 5.33. The summed E-state index contributed by atoms with van der Waals surface area (Å²) in [6.07, 6.45) is 0. The number of hydrogen-bond acceptors (Lipinski definition) is 4. The highest BCUT2D eigenvalue weighted by Gasteiger charge is 2.16. The van der Waals surface area contributed by atoms with Crippen LogP contribution in [0.5, 0.6) is 0 Å². The predicted molar refractivity (Wildman–Crippen MR) is 62.1 cm³/mol. The Bertz CT molecular complexity index is 564. The average Bonchev–Trinajstić information content (AvgIpc) is 2.31. The van der Waals surface area contributed by atoms with Crippen LogP contribution in [0, 0.1) is 17.1 Å². The fourth-order valence-electron chi connectivity index (χ4n) is 1.20. The van der Waals surface area contributed by atoms with Crippen LogP contribution in [0.1, 0.15) is 18.1 Å². The third-order valence-electron chi connectivity index (χ3n) is 2.14. The molecule has 17 heavy (non-hydrogen) atoms. The maximum Gasteiger partial charge on any atom is 0.232 e. The van der Waals surface area contributed by atoms with Gasteiger partial charge in [-0.2, -0.15) is 5.26 Å². The Morgan fingerprint density at radius 2 is 2.18 bits per heavy atom. The van der Waals surface area contributed by atoms with Gasteiger partial charge in [-0.3, -0.25) is 4.72 Å². The van der Waals surface area contributed by atoms with Crippen molar-refractivity contribution in [3.63, 3.8) is 0 Å². The molecule has 1 aromatic carbocycles. The number of hydrogen-bond donors (Lipinski definition) is 2. The van der Waals surface area contributed by atoms with Crippen molar-refractivity contribution in [2.45, 2.75) is 13.5 Å². The van der Waals surface area contributed by atoms with E-state index in [4.69, 9.17) is 11.0 Å². The Labute approximate surface area is 99.1 Å². The van der Waals surface area contributed by atoms with Gasteiger partial charge in [0, 0.05) is 6.54 Å². The second-order valence-electron chi connectivity index (χ2n) is 3.32. The van der Waals surface area contributed by atoms with Crippen LogP contribution in [0.2, 0.25) is 0 Å². The Hall–Kier alpha value is -1.65. The molecule has 0 atom stereocenters. The number of sulfonamides is 1.